The average molecular weight is 230 g/mol. The molecule has 0 aromatic carbocycles. The average Bonchev–Trinajstić information content (AvgIpc) is 2.15. The molecule has 0 rings (SSSR count). The van der Waals surface area contributed by atoms with Gasteiger partial charge in [0, 0.05) is 13.6 Å². The smallest absolute Gasteiger partial charge is 0.318 e. The zero-order valence-corrected chi connectivity index (χ0v) is 10.8. The van der Waals surface area contributed by atoms with Crippen LogP contribution in [0, 0.1) is 5.41 Å². The van der Waals surface area contributed by atoms with E-state index < -0.39 is 11.4 Å². The van der Waals surface area contributed by atoms with Crippen LogP contribution in [0.15, 0.2) is 0 Å². The van der Waals surface area contributed by atoms with Crippen molar-refractivity contribution in [2.45, 2.75) is 20.3 Å². The third kappa shape index (κ3) is 4.18. The normalized spacial score (nSPS) is 11.6. The maximum Gasteiger partial charge on any atom is 0.318 e. The van der Waals surface area contributed by atoms with Crippen molar-refractivity contribution >= 4 is 11.9 Å². The molecule has 0 heterocycles. The Morgan fingerprint density at radius 3 is 2.00 bits per heavy atom. The van der Waals surface area contributed by atoms with Crippen LogP contribution >= 0.6 is 0 Å². The van der Waals surface area contributed by atoms with Crippen LogP contribution in [0.4, 0.5) is 0 Å². The SMILES string of the molecule is CN(C)CCCN(C)C(=O)C(C)(C)C(=O)O. The van der Waals surface area contributed by atoms with Gasteiger partial charge in [-0.25, -0.2) is 0 Å². The summed E-state index contributed by atoms with van der Waals surface area (Å²) in [6.07, 6.45) is 0.838. The van der Waals surface area contributed by atoms with Crippen molar-refractivity contribution in [2.24, 2.45) is 5.41 Å². The quantitative estimate of drug-likeness (QED) is 0.675. The first kappa shape index (κ1) is 14.9. The summed E-state index contributed by atoms with van der Waals surface area (Å²) >= 11 is 0. The zero-order valence-electron chi connectivity index (χ0n) is 10.8. The van der Waals surface area contributed by atoms with E-state index in [0.29, 0.717) is 6.54 Å². The Bertz CT molecular complexity index is 262. The summed E-state index contributed by atoms with van der Waals surface area (Å²) < 4.78 is 0. The Labute approximate surface area is 97.0 Å². The molecule has 0 spiro atoms. The molecule has 0 atom stereocenters. The molecular formula is C11H22N2O3. The van der Waals surface area contributed by atoms with Crippen LogP contribution in [0.5, 0.6) is 0 Å². The topological polar surface area (TPSA) is 60.9 Å². The van der Waals surface area contributed by atoms with Gasteiger partial charge in [0.05, 0.1) is 0 Å². The number of amides is 1. The number of aliphatic carboxylic acids is 1. The van der Waals surface area contributed by atoms with Crippen molar-refractivity contribution in [2.75, 3.05) is 34.2 Å². The minimum absolute atomic E-state index is 0.348. The molecule has 0 aliphatic rings. The van der Waals surface area contributed by atoms with Crippen LogP contribution in [-0.4, -0.2) is 61.0 Å². The second-order valence-corrected chi connectivity index (χ2v) is 4.81. The first-order valence-corrected chi connectivity index (χ1v) is 5.33. The number of hydrogen-bond acceptors (Lipinski definition) is 3. The van der Waals surface area contributed by atoms with E-state index >= 15 is 0 Å². The Hall–Kier alpha value is -1.10. The molecule has 1 N–H and O–H groups in total. The first-order chi connectivity index (χ1) is 7.19. The van der Waals surface area contributed by atoms with Gasteiger partial charge in [-0.05, 0) is 40.9 Å². The summed E-state index contributed by atoms with van der Waals surface area (Å²) in [5, 5.41) is 8.92. The number of hydrogen-bond donors (Lipinski definition) is 1. The largest absolute Gasteiger partial charge is 0.480 e. The molecule has 0 aliphatic carbocycles. The van der Waals surface area contributed by atoms with E-state index in [1.165, 1.54) is 18.7 Å². The molecule has 0 unspecified atom stereocenters. The fourth-order valence-electron chi connectivity index (χ4n) is 1.29. The van der Waals surface area contributed by atoms with Gasteiger partial charge in [-0.15, -0.1) is 0 Å². The Morgan fingerprint density at radius 2 is 1.62 bits per heavy atom. The highest BCUT2D eigenvalue weighted by molar-refractivity contribution is 6.00. The van der Waals surface area contributed by atoms with E-state index in [1.807, 2.05) is 19.0 Å². The number of carbonyl (C=O) groups is 2. The van der Waals surface area contributed by atoms with E-state index in [0.717, 1.165) is 13.0 Å². The lowest BCUT2D eigenvalue weighted by Gasteiger charge is -2.26. The zero-order chi connectivity index (χ0) is 12.9. The van der Waals surface area contributed by atoms with Gasteiger partial charge in [-0.2, -0.15) is 0 Å². The summed E-state index contributed by atoms with van der Waals surface area (Å²) in [4.78, 5) is 26.2. The van der Waals surface area contributed by atoms with Gasteiger partial charge in [0.15, 0.2) is 0 Å². The lowest BCUT2D eigenvalue weighted by molar-refractivity contribution is -0.157. The molecule has 5 heteroatoms. The van der Waals surface area contributed by atoms with Crippen molar-refractivity contribution < 1.29 is 14.7 Å². The minimum atomic E-state index is -1.34. The maximum atomic E-state index is 11.8. The van der Waals surface area contributed by atoms with Crippen molar-refractivity contribution in [3.8, 4) is 0 Å². The number of carboxylic acids is 1. The van der Waals surface area contributed by atoms with Gasteiger partial charge < -0.3 is 14.9 Å². The summed E-state index contributed by atoms with van der Waals surface area (Å²) in [5.74, 6) is -1.43. The molecule has 0 fully saturated rings. The number of nitrogens with zero attached hydrogens (tertiary/aromatic N) is 2. The van der Waals surface area contributed by atoms with Crippen molar-refractivity contribution in [1.82, 2.24) is 9.80 Å². The molecule has 94 valence electrons. The molecule has 1 amide bonds. The van der Waals surface area contributed by atoms with E-state index in [-0.39, 0.29) is 5.91 Å². The summed E-state index contributed by atoms with van der Waals surface area (Å²) in [6.45, 7) is 4.32. The predicted molar refractivity (Wildman–Crippen MR) is 62.2 cm³/mol. The van der Waals surface area contributed by atoms with Crippen molar-refractivity contribution in [3.05, 3.63) is 0 Å². The molecule has 5 nitrogen and oxygen atoms in total. The second-order valence-electron chi connectivity index (χ2n) is 4.81. The first-order valence-electron chi connectivity index (χ1n) is 5.33. The lowest BCUT2D eigenvalue weighted by atomic mass is 9.92. The van der Waals surface area contributed by atoms with Crippen LogP contribution in [0.1, 0.15) is 20.3 Å². The Kier molecular flexibility index (Phi) is 5.44. The molecule has 0 aromatic heterocycles. The van der Waals surface area contributed by atoms with Crippen LogP contribution in [0.2, 0.25) is 0 Å². The monoisotopic (exact) mass is 230 g/mol. The van der Waals surface area contributed by atoms with Gasteiger partial charge in [-0.3, -0.25) is 9.59 Å². The van der Waals surface area contributed by atoms with E-state index in [4.69, 9.17) is 5.11 Å². The van der Waals surface area contributed by atoms with Gasteiger partial charge in [0.2, 0.25) is 5.91 Å². The second kappa shape index (κ2) is 5.84. The standard InChI is InChI=1S/C11H22N2O3/c1-11(2,10(15)16)9(14)13(5)8-6-7-12(3)4/h6-8H2,1-5H3,(H,15,16). The van der Waals surface area contributed by atoms with E-state index in [1.54, 1.807) is 7.05 Å². The fourth-order valence-corrected chi connectivity index (χ4v) is 1.29. The van der Waals surface area contributed by atoms with Gasteiger partial charge in [-0.1, -0.05) is 0 Å². The molecule has 0 saturated heterocycles. The summed E-state index contributed by atoms with van der Waals surface area (Å²) in [5.41, 5.74) is -1.34. The number of carboxylic acid groups (broad SMARTS) is 1. The van der Waals surface area contributed by atoms with E-state index in [9.17, 15) is 9.59 Å². The lowest BCUT2D eigenvalue weighted by Crippen LogP contribution is -2.44. The number of rotatable bonds is 6. The van der Waals surface area contributed by atoms with Gasteiger partial charge in [0.1, 0.15) is 5.41 Å². The summed E-state index contributed by atoms with van der Waals surface area (Å²) in [6, 6.07) is 0. The highest BCUT2D eigenvalue weighted by Gasteiger charge is 2.37. The summed E-state index contributed by atoms with van der Waals surface area (Å²) in [7, 11) is 5.56. The van der Waals surface area contributed by atoms with Gasteiger partial charge >= 0.3 is 5.97 Å². The third-order valence-corrected chi connectivity index (χ3v) is 2.51. The van der Waals surface area contributed by atoms with Crippen LogP contribution < -0.4 is 0 Å². The Balaban J connectivity index is 4.24. The van der Waals surface area contributed by atoms with E-state index in [2.05, 4.69) is 0 Å². The maximum absolute atomic E-state index is 11.8. The highest BCUT2D eigenvalue weighted by Crippen LogP contribution is 2.18. The fraction of sp³-hybridized carbons (Fsp3) is 0.818. The van der Waals surface area contributed by atoms with Crippen molar-refractivity contribution in [1.29, 1.82) is 0 Å². The third-order valence-electron chi connectivity index (χ3n) is 2.51. The minimum Gasteiger partial charge on any atom is -0.480 e. The molecule has 16 heavy (non-hydrogen) atoms. The molecular weight excluding hydrogens is 208 g/mol. The van der Waals surface area contributed by atoms with Crippen LogP contribution in [-0.2, 0) is 9.59 Å². The highest BCUT2D eigenvalue weighted by atomic mass is 16.4. The number of carbonyl (C=O) groups excluding carboxylic acids is 1. The molecule has 0 saturated carbocycles. The van der Waals surface area contributed by atoms with Crippen LogP contribution in [0.3, 0.4) is 0 Å². The van der Waals surface area contributed by atoms with Crippen molar-refractivity contribution in [3.63, 3.8) is 0 Å². The molecule has 0 bridgehead atoms. The molecule has 0 radical (unpaired) electrons. The molecule has 0 aliphatic heterocycles. The molecule has 0 aromatic rings. The Morgan fingerprint density at radius 1 is 1.12 bits per heavy atom. The van der Waals surface area contributed by atoms with Gasteiger partial charge in [0.25, 0.3) is 0 Å². The predicted octanol–water partition coefficient (Wildman–Crippen LogP) is 0.507. The van der Waals surface area contributed by atoms with Crippen LogP contribution in [0.25, 0.3) is 0 Å².